The first kappa shape index (κ1) is 8.49. The van der Waals surface area contributed by atoms with Gasteiger partial charge >= 0.3 is 0 Å². The molecule has 1 heteroatoms. The van der Waals surface area contributed by atoms with E-state index in [1.54, 1.807) is 11.1 Å². The second-order valence-electron chi connectivity index (χ2n) is 4.57. The van der Waals surface area contributed by atoms with Gasteiger partial charge in [-0.1, -0.05) is 24.3 Å². The number of rotatable bonds is 2. The van der Waals surface area contributed by atoms with Crippen molar-refractivity contribution in [1.29, 1.82) is 0 Å². The second kappa shape index (κ2) is 3.39. The first-order valence-electron chi connectivity index (χ1n) is 5.60. The highest BCUT2D eigenvalue weighted by Gasteiger charge is 2.28. The maximum atomic E-state index is 5.30. The molecular weight excluding hydrogens is 172 g/mol. The SMILES string of the molecule is c1ccc2c(c1)CC[C@H](C[C@@H]1CO1)C2. The molecule has 0 aromatic heterocycles. The van der Waals surface area contributed by atoms with Crippen LogP contribution >= 0.6 is 0 Å². The van der Waals surface area contributed by atoms with E-state index in [1.165, 1.54) is 25.7 Å². The highest BCUT2D eigenvalue weighted by Crippen LogP contribution is 2.31. The molecule has 1 aliphatic carbocycles. The molecule has 0 radical (unpaired) electrons. The molecule has 0 saturated carbocycles. The third kappa shape index (κ3) is 1.69. The van der Waals surface area contributed by atoms with Gasteiger partial charge in [0.2, 0.25) is 0 Å². The molecule has 2 aliphatic rings. The normalized spacial score (nSPS) is 29.7. The lowest BCUT2D eigenvalue weighted by molar-refractivity contribution is 0.333. The van der Waals surface area contributed by atoms with E-state index in [0.29, 0.717) is 6.10 Å². The molecule has 0 unspecified atom stereocenters. The van der Waals surface area contributed by atoms with Gasteiger partial charge in [0.05, 0.1) is 12.7 Å². The summed E-state index contributed by atoms with van der Waals surface area (Å²) in [5.41, 5.74) is 3.14. The van der Waals surface area contributed by atoms with Crippen LogP contribution in [0.1, 0.15) is 24.0 Å². The van der Waals surface area contributed by atoms with Crippen molar-refractivity contribution in [3.8, 4) is 0 Å². The molecule has 1 fully saturated rings. The van der Waals surface area contributed by atoms with E-state index in [2.05, 4.69) is 24.3 Å². The molecule has 1 aromatic carbocycles. The van der Waals surface area contributed by atoms with Crippen LogP contribution in [0.2, 0.25) is 0 Å². The fourth-order valence-electron chi connectivity index (χ4n) is 2.55. The van der Waals surface area contributed by atoms with E-state index in [4.69, 9.17) is 4.74 Å². The number of fused-ring (bicyclic) bond motifs is 1. The Morgan fingerprint density at radius 3 is 2.79 bits per heavy atom. The third-order valence-electron chi connectivity index (χ3n) is 3.45. The van der Waals surface area contributed by atoms with Crippen LogP contribution in [0.3, 0.4) is 0 Å². The fourth-order valence-corrected chi connectivity index (χ4v) is 2.55. The van der Waals surface area contributed by atoms with E-state index in [0.717, 1.165) is 12.5 Å². The zero-order valence-electron chi connectivity index (χ0n) is 8.41. The van der Waals surface area contributed by atoms with Crippen molar-refractivity contribution < 1.29 is 4.74 Å². The summed E-state index contributed by atoms with van der Waals surface area (Å²) in [6, 6.07) is 8.88. The predicted molar refractivity (Wildman–Crippen MR) is 56.3 cm³/mol. The Labute approximate surface area is 85.1 Å². The van der Waals surface area contributed by atoms with Crippen LogP contribution in [-0.2, 0) is 17.6 Å². The van der Waals surface area contributed by atoms with Crippen molar-refractivity contribution in [1.82, 2.24) is 0 Å². The Morgan fingerprint density at radius 2 is 2.00 bits per heavy atom. The summed E-state index contributed by atoms with van der Waals surface area (Å²) in [6.07, 6.45) is 5.79. The number of ether oxygens (including phenoxy) is 1. The third-order valence-corrected chi connectivity index (χ3v) is 3.45. The topological polar surface area (TPSA) is 12.5 Å². The van der Waals surface area contributed by atoms with Gasteiger partial charge in [0.15, 0.2) is 0 Å². The molecule has 74 valence electrons. The number of epoxide rings is 1. The van der Waals surface area contributed by atoms with Crippen LogP contribution in [0.5, 0.6) is 0 Å². The standard InChI is InChI=1S/C13H16O/c1-2-4-12-7-10(8-13-9-14-13)5-6-11(12)3-1/h1-4,10,13H,5-9H2/t10-,13+/m0/s1. The van der Waals surface area contributed by atoms with Gasteiger partial charge in [0.25, 0.3) is 0 Å². The van der Waals surface area contributed by atoms with Gasteiger partial charge in [-0.15, -0.1) is 0 Å². The molecule has 3 rings (SSSR count). The molecule has 0 N–H and O–H groups in total. The second-order valence-corrected chi connectivity index (χ2v) is 4.57. The predicted octanol–water partition coefficient (Wildman–Crippen LogP) is 2.58. The lowest BCUT2D eigenvalue weighted by Gasteiger charge is -2.23. The Morgan fingerprint density at radius 1 is 1.21 bits per heavy atom. The smallest absolute Gasteiger partial charge is 0.0812 e. The maximum absolute atomic E-state index is 5.30. The zero-order valence-corrected chi connectivity index (χ0v) is 8.41. The van der Waals surface area contributed by atoms with Gasteiger partial charge in [-0.05, 0) is 42.7 Å². The summed E-state index contributed by atoms with van der Waals surface area (Å²) in [5.74, 6) is 0.873. The Balaban J connectivity index is 1.72. The zero-order chi connectivity index (χ0) is 9.38. The summed E-state index contributed by atoms with van der Waals surface area (Å²) < 4.78 is 5.30. The summed E-state index contributed by atoms with van der Waals surface area (Å²) in [7, 11) is 0. The van der Waals surface area contributed by atoms with Gasteiger partial charge in [0.1, 0.15) is 0 Å². The molecule has 14 heavy (non-hydrogen) atoms. The highest BCUT2D eigenvalue weighted by atomic mass is 16.6. The Bertz CT molecular complexity index is 328. The molecular formula is C13H16O. The average Bonchev–Trinajstić information content (AvgIpc) is 3.02. The first-order valence-corrected chi connectivity index (χ1v) is 5.60. The van der Waals surface area contributed by atoms with Crippen molar-refractivity contribution in [3.05, 3.63) is 35.4 Å². The number of hydrogen-bond acceptors (Lipinski definition) is 1. The van der Waals surface area contributed by atoms with Crippen LogP contribution in [0.15, 0.2) is 24.3 Å². The van der Waals surface area contributed by atoms with E-state index in [1.807, 2.05) is 0 Å². The fraction of sp³-hybridized carbons (Fsp3) is 0.538. The van der Waals surface area contributed by atoms with E-state index >= 15 is 0 Å². The molecule has 0 spiro atoms. The monoisotopic (exact) mass is 188 g/mol. The van der Waals surface area contributed by atoms with Crippen molar-refractivity contribution >= 4 is 0 Å². The minimum absolute atomic E-state index is 0.602. The van der Waals surface area contributed by atoms with Crippen molar-refractivity contribution in [3.63, 3.8) is 0 Å². The quantitative estimate of drug-likeness (QED) is 0.650. The molecule has 0 bridgehead atoms. The van der Waals surface area contributed by atoms with Crippen LogP contribution < -0.4 is 0 Å². The maximum Gasteiger partial charge on any atom is 0.0812 e. The average molecular weight is 188 g/mol. The van der Waals surface area contributed by atoms with E-state index < -0.39 is 0 Å². The van der Waals surface area contributed by atoms with Gasteiger partial charge < -0.3 is 4.74 Å². The molecule has 1 saturated heterocycles. The summed E-state index contributed by atoms with van der Waals surface area (Å²) >= 11 is 0. The molecule has 1 heterocycles. The largest absolute Gasteiger partial charge is 0.373 e. The molecule has 1 nitrogen and oxygen atoms in total. The van der Waals surface area contributed by atoms with E-state index in [-0.39, 0.29) is 0 Å². The lowest BCUT2D eigenvalue weighted by Crippen LogP contribution is -2.15. The Hall–Kier alpha value is -0.820. The summed E-state index contributed by atoms with van der Waals surface area (Å²) in [6.45, 7) is 1.01. The van der Waals surface area contributed by atoms with Gasteiger partial charge in [-0.3, -0.25) is 0 Å². The van der Waals surface area contributed by atoms with Crippen LogP contribution in [-0.4, -0.2) is 12.7 Å². The van der Waals surface area contributed by atoms with Crippen molar-refractivity contribution in [2.75, 3.05) is 6.61 Å². The summed E-state index contributed by atoms with van der Waals surface area (Å²) in [5, 5.41) is 0. The molecule has 1 aliphatic heterocycles. The van der Waals surface area contributed by atoms with Gasteiger partial charge in [-0.2, -0.15) is 0 Å². The van der Waals surface area contributed by atoms with Crippen molar-refractivity contribution in [2.45, 2.75) is 31.8 Å². The number of benzene rings is 1. The Kier molecular flexibility index (Phi) is 2.06. The van der Waals surface area contributed by atoms with E-state index in [9.17, 15) is 0 Å². The van der Waals surface area contributed by atoms with Gasteiger partial charge in [-0.25, -0.2) is 0 Å². The molecule has 2 atom stereocenters. The molecule has 0 amide bonds. The minimum Gasteiger partial charge on any atom is -0.373 e. The minimum atomic E-state index is 0.602. The number of aryl methyl sites for hydroxylation is 1. The van der Waals surface area contributed by atoms with Crippen LogP contribution in [0.25, 0.3) is 0 Å². The van der Waals surface area contributed by atoms with Gasteiger partial charge in [0, 0.05) is 0 Å². The number of hydrogen-bond donors (Lipinski definition) is 0. The van der Waals surface area contributed by atoms with Crippen molar-refractivity contribution in [2.24, 2.45) is 5.92 Å². The van der Waals surface area contributed by atoms with Crippen LogP contribution in [0, 0.1) is 5.92 Å². The van der Waals surface area contributed by atoms with Crippen LogP contribution in [0.4, 0.5) is 0 Å². The molecule has 1 aromatic rings. The highest BCUT2D eigenvalue weighted by molar-refractivity contribution is 5.29. The lowest BCUT2D eigenvalue weighted by atomic mass is 9.82. The first-order chi connectivity index (χ1) is 6.92. The summed E-state index contributed by atoms with van der Waals surface area (Å²) in [4.78, 5) is 0.